The molecule has 2 amide bonds. The Kier molecular flexibility index (Phi) is 6.85. The van der Waals surface area contributed by atoms with E-state index in [2.05, 4.69) is 79.6 Å². The van der Waals surface area contributed by atoms with Crippen LogP contribution in [0, 0.1) is 0 Å². The monoisotopic (exact) mass is 525 g/mol. The van der Waals surface area contributed by atoms with Crippen molar-refractivity contribution in [2.75, 3.05) is 6.61 Å². The van der Waals surface area contributed by atoms with Crippen molar-refractivity contribution in [1.29, 1.82) is 0 Å². The topological polar surface area (TPSA) is 90.3 Å². The first kappa shape index (κ1) is 25.8. The van der Waals surface area contributed by atoms with Gasteiger partial charge < -0.3 is 8.99 Å². The third-order valence-corrected chi connectivity index (χ3v) is 12.3. The molecule has 38 heavy (non-hydrogen) atoms. The molecule has 8 heteroatoms. The van der Waals surface area contributed by atoms with E-state index < -0.39 is 31.8 Å². The Bertz CT molecular complexity index is 1450. The highest BCUT2D eigenvalue weighted by molar-refractivity contribution is 6.99. The lowest BCUT2D eigenvalue weighted by molar-refractivity contribution is -0.135. The fourth-order valence-electron chi connectivity index (χ4n) is 5.55. The van der Waals surface area contributed by atoms with Gasteiger partial charge in [-0.05, 0) is 39.5 Å². The molecule has 7 nitrogen and oxygen atoms in total. The highest BCUT2D eigenvalue weighted by Gasteiger charge is 2.50. The van der Waals surface area contributed by atoms with Crippen LogP contribution in [0.5, 0.6) is 0 Å². The quantitative estimate of drug-likeness (QED) is 0.125. The van der Waals surface area contributed by atoms with Gasteiger partial charge >= 0.3 is 0 Å². The molecule has 0 aliphatic carbocycles. The van der Waals surface area contributed by atoms with Gasteiger partial charge in [0.2, 0.25) is 11.7 Å². The number of nitrogens with one attached hydrogen (secondary N) is 1. The summed E-state index contributed by atoms with van der Waals surface area (Å²) in [5.41, 5.74) is 1.18. The van der Waals surface area contributed by atoms with Crippen molar-refractivity contribution in [3.63, 3.8) is 0 Å². The second kappa shape index (κ2) is 10.1. The Labute approximate surface area is 223 Å². The second-order valence-corrected chi connectivity index (χ2v) is 14.9. The minimum Gasteiger partial charge on any atom is -0.407 e. The van der Waals surface area contributed by atoms with Crippen molar-refractivity contribution in [2.45, 2.75) is 44.7 Å². The minimum absolute atomic E-state index is 0.118. The zero-order valence-corrected chi connectivity index (χ0v) is 22.8. The number of nitrogens with zero attached hydrogens (tertiary/aromatic N) is 2. The molecule has 1 N–H and O–H groups in total. The summed E-state index contributed by atoms with van der Waals surface area (Å²) in [6, 6.07) is 24.6. The molecule has 1 unspecified atom stereocenters. The SMILES string of the molecule is CC(C)(C)[Si](OCCCn1cc(C2C(=O)NC(=O)C2=O)c2cccnc21)(c1ccccc1)c1ccccc1. The average Bonchev–Trinajstić information content (AvgIpc) is 3.39. The predicted molar refractivity (Wildman–Crippen MR) is 149 cm³/mol. The summed E-state index contributed by atoms with van der Waals surface area (Å²) >= 11 is 0. The van der Waals surface area contributed by atoms with E-state index in [4.69, 9.17) is 4.43 Å². The number of carbonyl (C=O) groups is 3. The van der Waals surface area contributed by atoms with Gasteiger partial charge in [0.1, 0.15) is 11.6 Å². The number of rotatable bonds is 8. The van der Waals surface area contributed by atoms with Gasteiger partial charge in [-0.3, -0.25) is 19.7 Å². The normalized spacial score (nSPS) is 16.3. The molecule has 1 aliphatic heterocycles. The number of Topliss-reactive ketones (excluding diaryl/α,β-unsaturated/α-hetero) is 1. The molecule has 4 aromatic rings. The Morgan fingerprint density at radius 3 is 2.11 bits per heavy atom. The summed E-state index contributed by atoms with van der Waals surface area (Å²) < 4.78 is 8.94. The second-order valence-electron chi connectivity index (χ2n) is 10.6. The van der Waals surface area contributed by atoms with Crippen LogP contribution < -0.4 is 15.7 Å². The first-order valence-electron chi connectivity index (χ1n) is 12.8. The van der Waals surface area contributed by atoms with Crippen LogP contribution in [0.3, 0.4) is 0 Å². The molecule has 1 saturated heterocycles. The number of aryl methyl sites for hydroxylation is 1. The van der Waals surface area contributed by atoms with E-state index in [0.29, 0.717) is 36.2 Å². The summed E-state index contributed by atoms with van der Waals surface area (Å²) in [7, 11) is -2.64. The molecule has 5 rings (SSSR count). The van der Waals surface area contributed by atoms with Crippen LogP contribution in [-0.2, 0) is 25.4 Å². The van der Waals surface area contributed by atoms with E-state index in [-0.39, 0.29) is 5.04 Å². The van der Waals surface area contributed by atoms with E-state index in [9.17, 15) is 14.4 Å². The summed E-state index contributed by atoms with van der Waals surface area (Å²) in [5.74, 6) is -3.31. The molecular formula is C30H31N3O4Si. The number of benzene rings is 2. The fraction of sp³-hybridized carbons (Fsp3) is 0.267. The summed E-state index contributed by atoms with van der Waals surface area (Å²) in [6.45, 7) is 7.86. The van der Waals surface area contributed by atoms with Crippen molar-refractivity contribution >= 4 is 47.3 Å². The number of aromatic nitrogens is 2. The smallest absolute Gasteiger partial charge is 0.295 e. The Morgan fingerprint density at radius 1 is 0.921 bits per heavy atom. The lowest BCUT2D eigenvalue weighted by atomic mass is 9.97. The summed E-state index contributed by atoms with van der Waals surface area (Å²) in [5, 5.41) is 5.16. The van der Waals surface area contributed by atoms with Crippen molar-refractivity contribution in [1.82, 2.24) is 14.9 Å². The largest absolute Gasteiger partial charge is 0.407 e. The third-order valence-electron chi connectivity index (χ3n) is 7.24. The number of imide groups is 1. The molecule has 1 fully saturated rings. The molecule has 3 heterocycles. The molecule has 194 valence electrons. The highest BCUT2D eigenvalue weighted by atomic mass is 28.4. The number of amides is 2. The van der Waals surface area contributed by atoms with Gasteiger partial charge in [0.25, 0.3) is 14.2 Å². The van der Waals surface area contributed by atoms with Crippen LogP contribution in [0.1, 0.15) is 38.7 Å². The Balaban J connectivity index is 1.43. The molecule has 1 aliphatic rings. The van der Waals surface area contributed by atoms with Crippen LogP contribution in [0.25, 0.3) is 11.0 Å². The van der Waals surface area contributed by atoms with Gasteiger partial charge in [-0.25, -0.2) is 4.98 Å². The number of fused-ring (bicyclic) bond motifs is 1. The third kappa shape index (κ3) is 4.40. The number of hydrogen-bond donors (Lipinski definition) is 1. The minimum atomic E-state index is -2.64. The zero-order chi connectivity index (χ0) is 26.9. The van der Waals surface area contributed by atoms with Crippen molar-refractivity contribution < 1.29 is 18.8 Å². The van der Waals surface area contributed by atoms with Gasteiger partial charge in [0.05, 0.1) is 0 Å². The average molecular weight is 526 g/mol. The van der Waals surface area contributed by atoms with Gasteiger partial charge in [-0.15, -0.1) is 0 Å². The van der Waals surface area contributed by atoms with E-state index in [1.54, 1.807) is 18.5 Å². The van der Waals surface area contributed by atoms with Gasteiger partial charge in [0, 0.05) is 30.9 Å². The van der Waals surface area contributed by atoms with Crippen molar-refractivity contribution in [2.24, 2.45) is 0 Å². The molecule has 2 aromatic heterocycles. The lowest BCUT2D eigenvalue weighted by Gasteiger charge is -2.43. The predicted octanol–water partition coefficient (Wildman–Crippen LogP) is 3.31. The maximum atomic E-state index is 12.4. The van der Waals surface area contributed by atoms with Crippen LogP contribution in [0.15, 0.2) is 85.2 Å². The van der Waals surface area contributed by atoms with Crippen molar-refractivity contribution in [3.05, 3.63) is 90.8 Å². The molecule has 1 atom stereocenters. The van der Waals surface area contributed by atoms with Crippen LogP contribution in [-0.4, -0.2) is 42.1 Å². The first-order chi connectivity index (χ1) is 18.2. The maximum Gasteiger partial charge on any atom is 0.295 e. The molecular weight excluding hydrogens is 494 g/mol. The first-order valence-corrected chi connectivity index (χ1v) is 14.7. The highest BCUT2D eigenvalue weighted by Crippen LogP contribution is 2.37. The van der Waals surface area contributed by atoms with Crippen LogP contribution in [0.2, 0.25) is 5.04 Å². The lowest BCUT2D eigenvalue weighted by Crippen LogP contribution is -2.66. The van der Waals surface area contributed by atoms with E-state index in [1.807, 2.05) is 22.8 Å². The van der Waals surface area contributed by atoms with E-state index in [0.717, 1.165) is 0 Å². The van der Waals surface area contributed by atoms with Crippen LogP contribution in [0.4, 0.5) is 0 Å². The molecule has 0 radical (unpaired) electrons. The fourth-order valence-corrected chi connectivity index (χ4v) is 10.2. The van der Waals surface area contributed by atoms with Gasteiger partial charge in [-0.1, -0.05) is 81.4 Å². The Morgan fingerprint density at radius 2 is 1.55 bits per heavy atom. The molecule has 0 saturated carbocycles. The Hall–Kier alpha value is -3.88. The zero-order valence-electron chi connectivity index (χ0n) is 21.8. The van der Waals surface area contributed by atoms with Gasteiger partial charge in [-0.2, -0.15) is 0 Å². The number of ketones is 1. The van der Waals surface area contributed by atoms with Crippen molar-refractivity contribution in [3.8, 4) is 0 Å². The van der Waals surface area contributed by atoms with Gasteiger partial charge in [0.15, 0.2) is 0 Å². The number of carbonyl (C=O) groups excluding carboxylic acids is 3. The molecule has 2 aromatic carbocycles. The van der Waals surface area contributed by atoms with E-state index >= 15 is 0 Å². The van der Waals surface area contributed by atoms with Crippen LogP contribution >= 0.6 is 0 Å². The molecule has 0 spiro atoms. The van der Waals surface area contributed by atoms with E-state index in [1.165, 1.54) is 10.4 Å². The summed E-state index contributed by atoms with van der Waals surface area (Å²) in [6.07, 6.45) is 4.17. The number of hydrogen-bond acceptors (Lipinski definition) is 5. The molecule has 0 bridgehead atoms. The summed E-state index contributed by atoms with van der Waals surface area (Å²) in [4.78, 5) is 41.1. The standard InChI is InChI=1S/C30H31N3O4Si/c1-30(2,3)38(21-12-6-4-7-13-21,22-14-8-5-9-15-22)37-19-11-18-33-20-24(23-16-10-17-31-27(23)33)25-26(34)29(36)32-28(25)35/h4-10,12-17,20,25H,11,18-19H2,1-3H3,(H,32,35,36). The number of pyridine rings is 1. The maximum absolute atomic E-state index is 12.4.